The van der Waals surface area contributed by atoms with Crippen LogP contribution in [0.1, 0.15) is 11.1 Å². The molecule has 0 bridgehead atoms. The second-order valence-corrected chi connectivity index (χ2v) is 4.44. The Hall–Kier alpha value is -2.99. The Morgan fingerprint density at radius 1 is 0.696 bits per heavy atom. The summed E-state index contributed by atoms with van der Waals surface area (Å²) in [5, 5.41) is 21.7. The van der Waals surface area contributed by atoms with Gasteiger partial charge in [0, 0.05) is 11.4 Å². The molecule has 0 aliphatic heterocycles. The molecule has 6 nitrogen and oxygen atoms in total. The van der Waals surface area contributed by atoms with Crippen LogP contribution in [0.2, 0.25) is 0 Å². The molecule has 0 aromatic heterocycles. The molecule has 2 aromatic carbocycles. The lowest BCUT2D eigenvalue weighted by Crippen LogP contribution is -2.06. The Balaban J connectivity index is 0.00000264. The highest BCUT2D eigenvalue weighted by Gasteiger charge is 1.98. The van der Waals surface area contributed by atoms with Gasteiger partial charge in [-0.1, -0.05) is 36.4 Å². The van der Waals surface area contributed by atoms with Gasteiger partial charge in [0.1, 0.15) is 0 Å². The molecule has 7 heteroatoms. The molecule has 120 valence electrons. The zero-order valence-corrected chi connectivity index (χ0v) is 12.7. The summed E-state index contributed by atoms with van der Waals surface area (Å²) in [6.45, 7) is 0. The third kappa shape index (κ3) is 6.11. The molecule has 0 saturated heterocycles. The number of anilines is 2. The first-order chi connectivity index (χ1) is 10.5. The van der Waals surface area contributed by atoms with Crippen molar-refractivity contribution in [1.82, 2.24) is 0 Å². The number of halogens is 1. The minimum Gasteiger partial charge on any atom is -0.465 e. The maximum atomic E-state index is 10.5. The second kappa shape index (κ2) is 8.45. The molecule has 0 unspecified atom stereocenters. The highest BCUT2D eigenvalue weighted by Crippen LogP contribution is 2.14. The van der Waals surface area contributed by atoms with Crippen LogP contribution in [0.5, 0.6) is 0 Å². The first kappa shape index (κ1) is 18.1. The highest BCUT2D eigenvalue weighted by atomic mass is 35.5. The molecule has 0 radical (unpaired) electrons. The van der Waals surface area contributed by atoms with Crippen LogP contribution in [0, 0.1) is 0 Å². The number of carbonyl (C=O) groups is 2. The first-order valence-electron chi connectivity index (χ1n) is 6.41. The summed E-state index contributed by atoms with van der Waals surface area (Å²) in [4.78, 5) is 21.0. The molecule has 0 fully saturated rings. The lowest BCUT2D eigenvalue weighted by atomic mass is 10.1. The average Bonchev–Trinajstić information content (AvgIpc) is 2.47. The van der Waals surface area contributed by atoms with Crippen molar-refractivity contribution in [2.24, 2.45) is 0 Å². The molecule has 23 heavy (non-hydrogen) atoms. The predicted octanol–water partition coefficient (Wildman–Crippen LogP) is 4.46. The summed E-state index contributed by atoms with van der Waals surface area (Å²) in [6.07, 6.45) is 1.56. The SMILES string of the molecule is Cl.O=C(O)Nc1ccc(C=Cc2ccc(NC(=O)O)cc2)cc1. The van der Waals surface area contributed by atoms with Crippen molar-refractivity contribution in [3.05, 3.63) is 59.7 Å². The molecule has 0 saturated carbocycles. The van der Waals surface area contributed by atoms with Crippen molar-refractivity contribution in [1.29, 1.82) is 0 Å². The number of carboxylic acid groups (broad SMARTS) is 2. The highest BCUT2D eigenvalue weighted by molar-refractivity contribution is 5.85. The lowest BCUT2D eigenvalue weighted by Gasteiger charge is -2.02. The fraction of sp³-hybridized carbons (Fsp3) is 0. The molecule has 0 heterocycles. The number of hydrogen-bond acceptors (Lipinski definition) is 2. The van der Waals surface area contributed by atoms with E-state index in [1.54, 1.807) is 48.5 Å². The Bertz CT molecular complexity index is 636. The van der Waals surface area contributed by atoms with Crippen LogP contribution in [0.3, 0.4) is 0 Å². The van der Waals surface area contributed by atoms with Crippen LogP contribution in [0.25, 0.3) is 12.2 Å². The van der Waals surface area contributed by atoms with Crippen molar-refractivity contribution in [2.45, 2.75) is 0 Å². The summed E-state index contributed by atoms with van der Waals surface area (Å²) in [5.74, 6) is 0. The monoisotopic (exact) mass is 334 g/mol. The molecule has 0 aliphatic rings. The van der Waals surface area contributed by atoms with Crippen LogP contribution >= 0.6 is 12.4 Å². The van der Waals surface area contributed by atoms with Crippen molar-refractivity contribution in [2.75, 3.05) is 10.6 Å². The molecular formula is C16H15ClN2O4. The molecular weight excluding hydrogens is 320 g/mol. The van der Waals surface area contributed by atoms with Crippen LogP contribution in [0.15, 0.2) is 48.5 Å². The smallest absolute Gasteiger partial charge is 0.409 e. The quantitative estimate of drug-likeness (QED) is 0.620. The van der Waals surface area contributed by atoms with E-state index in [0.717, 1.165) is 11.1 Å². The average molecular weight is 335 g/mol. The van der Waals surface area contributed by atoms with Crippen molar-refractivity contribution < 1.29 is 19.8 Å². The maximum absolute atomic E-state index is 10.5. The van der Waals surface area contributed by atoms with Gasteiger partial charge in [-0.2, -0.15) is 0 Å². The summed E-state index contributed by atoms with van der Waals surface area (Å²) in [5.41, 5.74) is 2.86. The van der Waals surface area contributed by atoms with Gasteiger partial charge in [0.15, 0.2) is 0 Å². The fourth-order valence-electron chi connectivity index (χ4n) is 1.79. The number of benzene rings is 2. The van der Waals surface area contributed by atoms with E-state index in [1.807, 2.05) is 12.2 Å². The molecule has 0 spiro atoms. The van der Waals surface area contributed by atoms with Crippen molar-refractivity contribution in [3.8, 4) is 0 Å². The van der Waals surface area contributed by atoms with E-state index < -0.39 is 12.2 Å². The van der Waals surface area contributed by atoms with Crippen molar-refractivity contribution >= 4 is 48.1 Å². The summed E-state index contributed by atoms with van der Waals surface area (Å²) < 4.78 is 0. The molecule has 2 rings (SSSR count). The van der Waals surface area contributed by atoms with Gasteiger partial charge in [0.2, 0.25) is 0 Å². The molecule has 0 aliphatic carbocycles. The Morgan fingerprint density at radius 2 is 1.00 bits per heavy atom. The second-order valence-electron chi connectivity index (χ2n) is 4.44. The third-order valence-electron chi connectivity index (χ3n) is 2.79. The van der Waals surface area contributed by atoms with E-state index in [-0.39, 0.29) is 12.4 Å². The number of nitrogens with one attached hydrogen (secondary N) is 2. The lowest BCUT2D eigenvalue weighted by molar-refractivity contribution is 0.208. The van der Waals surface area contributed by atoms with E-state index in [1.165, 1.54) is 0 Å². The van der Waals surface area contributed by atoms with Gasteiger partial charge in [-0.3, -0.25) is 10.6 Å². The van der Waals surface area contributed by atoms with Gasteiger partial charge in [-0.25, -0.2) is 9.59 Å². The molecule has 2 amide bonds. The van der Waals surface area contributed by atoms with Gasteiger partial charge < -0.3 is 10.2 Å². The summed E-state index contributed by atoms with van der Waals surface area (Å²) >= 11 is 0. The van der Waals surface area contributed by atoms with Gasteiger partial charge >= 0.3 is 12.2 Å². The molecule has 4 N–H and O–H groups in total. The van der Waals surface area contributed by atoms with Gasteiger partial charge in [-0.05, 0) is 35.4 Å². The van der Waals surface area contributed by atoms with E-state index in [0.29, 0.717) is 11.4 Å². The zero-order chi connectivity index (χ0) is 15.9. The molecule has 2 aromatic rings. The first-order valence-corrected chi connectivity index (χ1v) is 6.41. The van der Waals surface area contributed by atoms with Gasteiger partial charge in [-0.15, -0.1) is 12.4 Å². The molecule has 0 atom stereocenters. The van der Waals surface area contributed by atoms with Crippen molar-refractivity contribution in [3.63, 3.8) is 0 Å². The summed E-state index contributed by atoms with van der Waals surface area (Å²) in [7, 11) is 0. The van der Waals surface area contributed by atoms with Crippen LogP contribution in [0.4, 0.5) is 21.0 Å². The third-order valence-corrected chi connectivity index (χ3v) is 2.79. The van der Waals surface area contributed by atoms with Crippen LogP contribution < -0.4 is 10.6 Å². The topological polar surface area (TPSA) is 98.7 Å². The van der Waals surface area contributed by atoms with E-state index in [9.17, 15) is 9.59 Å². The minimum atomic E-state index is -1.10. The Kier molecular flexibility index (Phi) is 6.64. The number of hydrogen-bond donors (Lipinski definition) is 4. The predicted molar refractivity (Wildman–Crippen MR) is 92.4 cm³/mol. The van der Waals surface area contributed by atoms with E-state index in [4.69, 9.17) is 10.2 Å². The van der Waals surface area contributed by atoms with E-state index in [2.05, 4.69) is 10.6 Å². The fourth-order valence-corrected chi connectivity index (χ4v) is 1.79. The van der Waals surface area contributed by atoms with Gasteiger partial charge in [0.05, 0.1) is 0 Å². The number of rotatable bonds is 4. The maximum Gasteiger partial charge on any atom is 0.409 e. The zero-order valence-electron chi connectivity index (χ0n) is 11.9. The Morgan fingerprint density at radius 3 is 1.26 bits per heavy atom. The summed E-state index contributed by atoms with van der Waals surface area (Å²) in [6, 6.07) is 13.9. The minimum absolute atomic E-state index is 0. The number of amides is 2. The normalized spacial score (nSPS) is 9.91. The van der Waals surface area contributed by atoms with Crippen LogP contribution in [-0.2, 0) is 0 Å². The van der Waals surface area contributed by atoms with Gasteiger partial charge in [0.25, 0.3) is 0 Å². The largest absolute Gasteiger partial charge is 0.465 e. The standard InChI is InChI=1S/C16H14N2O4.ClH/c19-15(20)17-13-7-3-11(4-8-13)1-2-12-5-9-14(10-6-12)18-16(21)22;/h1-10,17-18H,(H,19,20)(H,21,22);1H. The Labute approximate surface area is 138 Å². The van der Waals surface area contributed by atoms with Crippen LogP contribution in [-0.4, -0.2) is 22.4 Å². The van der Waals surface area contributed by atoms with E-state index >= 15 is 0 Å².